The van der Waals surface area contributed by atoms with Crippen molar-refractivity contribution in [2.24, 2.45) is 0 Å². The van der Waals surface area contributed by atoms with Crippen molar-refractivity contribution in [1.29, 1.82) is 10.5 Å². The Hall–Kier alpha value is -3.21. The quantitative estimate of drug-likeness (QED) is 0.646. The third kappa shape index (κ3) is 3.52. The Kier molecular flexibility index (Phi) is 4.29. The van der Waals surface area contributed by atoms with Crippen LogP contribution in [0.4, 0.5) is 0 Å². The number of hydrogen-bond donors (Lipinski definition) is 0. The molecule has 0 aliphatic rings. The maximum absolute atomic E-state index is 8.75. The predicted molar refractivity (Wildman–Crippen MR) is 94.2 cm³/mol. The van der Waals surface area contributed by atoms with Crippen LogP contribution in [0.25, 0.3) is 28.4 Å². The molecule has 0 fully saturated rings. The van der Waals surface area contributed by atoms with Crippen molar-refractivity contribution >= 4 is 39.8 Å². The van der Waals surface area contributed by atoms with Crippen LogP contribution in [0.15, 0.2) is 54.1 Å². The lowest BCUT2D eigenvalue weighted by atomic mass is 10.1. The summed E-state index contributed by atoms with van der Waals surface area (Å²) < 4.78 is 1.17. The fraction of sp³-hybridized carbons (Fsp3) is 0. The molecule has 0 aliphatic carbocycles. The molecule has 3 aromatic rings. The van der Waals surface area contributed by atoms with Crippen LogP contribution in [0.3, 0.4) is 0 Å². The number of nitriles is 2. The molecule has 0 unspecified atom stereocenters. The number of benzene rings is 2. The largest absolute Gasteiger partial charge is 0.237 e. The molecule has 3 nitrogen and oxygen atoms in total. The van der Waals surface area contributed by atoms with Gasteiger partial charge in [0.15, 0.2) is 0 Å². The third-order valence-electron chi connectivity index (χ3n) is 3.22. The van der Waals surface area contributed by atoms with Gasteiger partial charge in [0.1, 0.15) is 22.7 Å². The minimum atomic E-state index is 0.0998. The smallest absolute Gasteiger partial charge is 0.130 e. The van der Waals surface area contributed by atoms with Gasteiger partial charge in [-0.25, -0.2) is 4.98 Å². The Morgan fingerprint density at radius 2 is 1.61 bits per heavy atom. The molecular formula is C19H11N3S. The Morgan fingerprint density at radius 1 is 0.913 bits per heavy atom. The summed E-state index contributed by atoms with van der Waals surface area (Å²) in [4.78, 5) is 4.56. The highest BCUT2D eigenvalue weighted by molar-refractivity contribution is 7.19. The summed E-state index contributed by atoms with van der Waals surface area (Å²) >= 11 is 1.65. The van der Waals surface area contributed by atoms with Crippen molar-refractivity contribution in [3.8, 4) is 12.1 Å². The zero-order valence-electron chi connectivity index (χ0n) is 12.1. The van der Waals surface area contributed by atoms with Crippen LogP contribution in [-0.4, -0.2) is 4.98 Å². The second-order valence-electron chi connectivity index (χ2n) is 4.80. The second-order valence-corrected chi connectivity index (χ2v) is 5.86. The monoisotopic (exact) mass is 313 g/mol. The van der Waals surface area contributed by atoms with Crippen molar-refractivity contribution in [3.63, 3.8) is 0 Å². The van der Waals surface area contributed by atoms with E-state index in [1.807, 2.05) is 66.8 Å². The van der Waals surface area contributed by atoms with E-state index in [2.05, 4.69) is 11.1 Å². The van der Waals surface area contributed by atoms with Gasteiger partial charge < -0.3 is 0 Å². The molecule has 0 N–H and O–H groups in total. The van der Waals surface area contributed by atoms with Gasteiger partial charge in [-0.1, -0.05) is 42.5 Å². The van der Waals surface area contributed by atoms with Crippen LogP contribution < -0.4 is 0 Å². The Balaban J connectivity index is 1.79. The SMILES string of the molecule is N#CC(C#N)=Cc1ccc(C=Cc2nc3ccccc3s2)cc1. The predicted octanol–water partition coefficient (Wildman–Crippen LogP) is 4.90. The number of fused-ring (bicyclic) bond motifs is 1. The standard InChI is InChI=1S/C19H11N3S/c20-12-16(13-21)11-15-7-5-14(6-8-15)9-10-19-22-17-3-1-2-4-18(17)23-19/h1-11H. The molecule has 0 saturated carbocycles. The summed E-state index contributed by atoms with van der Waals surface area (Å²) in [5, 5.41) is 18.5. The number of rotatable bonds is 3. The molecule has 0 spiro atoms. The van der Waals surface area contributed by atoms with E-state index in [4.69, 9.17) is 10.5 Å². The van der Waals surface area contributed by atoms with E-state index in [0.29, 0.717) is 0 Å². The highest BCUT2D eigenvalue weighted by atomic mass is 32.1. The van der Waals surface area contributed by atoms with Crippen molar-refractivity contribution in [2.45, 2.75) is 0 Å². The lowest BCUT2D eigenvalue weighted by molar-refractivity contribution is 1.46. The van der Waals surface area contributed by atoms with Gasteiger partial charge in [-0.3, -0.25) is 0 Å². The van der Waals surface area contributed by atoms with E-state index < -0.39 is 0 Å². The number of para-hydroxylation sites is 1. The Labute approximate surface area is 138 Å². The van der Waals surface area contributed by atoms with Gasteiger partial charge in [0.25, 0.3) is 0 Å². The molecule has 108 valence electrons. The fourth-order valence-corrected chi connectivity index (χ4v) is 2.96. The summed E-state index contributed by atoms with van der Waals surface area (Å²) in [6, 6.07) is 19.4. The first-order chi connectivity index (χ1) is 11.3. The average molecular weight is 313 g/mol. The summed E-state index contributed by atoms with van der Waals surface area (Å²) in [6.07, 6.45) is 5.56. The molecule has 23 heavy (non-hydrogen) atoms. The molecule has 0 amide bonds. The highest BCUT2D eigenvalue weighted by Gasteiger charge is 1.99. The topological polar surface area (TPSA) is 60.5 Å². The third-order valence-corrected chi connectivity index (χ3v) is 4.22. The molecule has 1 heterocycles. The Morgan fingerprint density at radius 3 is 2.30 bits per heavy atom. The minimum Gasteiger partial charge on any atom is -0.237 e. The highest BCUT2D eigenvalue weighted by Crippen LogP contribution is 2.23. The van der Waals surface area contributed by atoms with Gasteiger partial charge in [-0.2, -0.15) is 10.5 Å². The summed E-state index contributed by atoms with van der Waals surface area (Å²) in [5.74, 6) is 0. The van der Waals surface area contributed by atoms with Crippen LogP contribution in [0.5, 0.6) is 0 Å². The molecule has 0 aliphatic heterocycles. The van der Waals surface area contributed by atoms with E-state index in [-0.39, 0.29) is 5.57 Å². The normalized spacial score (nSPS) is 10.3. The molecule has 3 rings (SSSR count). The summed E-state index contributed by atoms with van der Waals surface area (Å²) in [7, 11) is 0. The zero-order chi connectivity index (χ0) is 16.1. The molecule has 4 heteroatoms. The fourth-order valence-electron chi connectivity index (χ4n) is 2.09. The molecule has 0 radical (unpaired) electrons. The van der Waals surface area contributed by atoms with Gasteiger partial charge in [0.2, 0.25) is 0 Å². The van der Waals surface area contributed by atoms with Crippen molar-refractivity contribution in [1.82, 2.24) is 4.98 Å². The van der Waals surface area contributed by atoms with E-state index in [1.54, 1.807) is 17.4 Å². The van der Waals surface area contributed by atoms with Crippen LogP contribution in [0.2, 0.25) is 0 Å². The minimum absolute atomic E-state index is 0.0998. The molecule has 0 bridgehead atoms. The van der Waals surface area contributed by atoms with Crippen LogP contribution >= 0.6 is 11.3 Å². The van der Waals surface area contributed by atoms with Gasteiger partial charge in [-0.15, -0.1) is 11.3 Å². The zero-order valence-corrected chi connectivity index (χ0v) is 12.9. The van der Waals surface area contributed by atoms with E-state index in [1.165, 1.54) is 4.70 Å². The number of thiazole rings is 1. The van der Waals surface area contributed by atoms with Gasteiger partial charge in [-0.05, 0) is 35.4 Å². The van der Waals surface area contributed by atoms with Gasteiger partial charge in [0, 0.05) is 0 Å². The first-order valence-electron chi connectivity index (χ1n) is 6.94. The van der Waals surface area contributed by atoms with Crippen LogP contribution in [-0.2, 0) is 0 Å². The van der Waals surface area contributed by atoms with E-state index >= 15 is 0 Å². The second kappa shape index (κ2) is 6.70. The maximum atomic E-state index is 8.75. The number of aromatic nitrogens is 1. The molecule has 1 aromatic heterocycles. The van der Waals surface area contributed by atoms with Crippen molar-refractivity contribution in [3.05, 3.63) is 70.2 Å². The lowest BCUT2D eigenvalue weighted by Gasteiger charge is -1.95. The number of hydrogen-bond acceptors (Lipinski definition) is 4. The van der Waals surface area contributed by atoms with Gasteiger partial charge >= 0.3 is 0 Å². The molecular weight excluding hydrogens is 302 g/mol. The molecule has 0 atom stereocenters. The van der Waals surface area contributed by atoms with Crippen molar-refractivity contribution in [2.75, 3.05) is 0 Å². The number of allylic oxidation sites excluding steroid dienone is 1. The summed E-state index contributed by atoms with van der Waals surface area (Å²) in [6.45, 7) is 0. The van der Waals surface area contributed by atoms with E-state index in [0.717, 1.165) is 21.7 Å². The Bertz CT molecular complexity index is 931. The summed E-state index contributed by atoms with van der Waals surface area (Å²) in [5.41, 5.74) is 2.98. The van der Waals surface area contributed by atoms with Crippen molar-refractivity contribution < 1.29 is 0 Å². The molecule has 2 aromatic carbocycles. The lowest BCUT2D eigenvalue weighted by Crippen LogP contribution is -1.77. The van der Waals surface area contributed by atoms with Crippen LogP contribution in [0, 0.1) is 22.7 Å². The first kappa shape index (κ1) is 14.7. The van der Waals surface area contributed by atoms with E-state index in [9.17, 15) is 0 Å². The number of nitrogens with zero attached hydrogens (tertiary/aromatic N) is 3. The maximum Gasteiger partial charge on any atom is 0.130 e. The molecule has 0 saturated heterocycles. The van der Waals surface area contributed by atoms with Crippen LogP contribution in [0.1, 0.15) is 16.1 Å². The average Bonchev–Trinajstić information content (AvgIpc) is 3.02. The first-order valence-corrected chi connectivity index (χ1v) is 7.76. The van der Waals surface area contributed by atoms with Gasteiger partial charge in [0.05, 0.1) is 10.2 Å².